The van der Waals surface area contributed by atoms with Crippen LogP contribution >= 0.6 is 0 Å². The van der Waals surface area contributed by atoms with E-state index in [1.807, 2.05) is 36.4 Å². The zero-order valence-electron chi connectivity index (χ0n) is 20.9. The molecule has 9 nitrogen and oxygen atoms in total. The van der Waals surface area contributed by atoms with Crippen molar-refractivity contribution in [1.82, 2.24) is 19.9 Å². The number of amides is 1. The number of nitrogens with one attached hydrogen (secondary N) is 2. The van der Waals surface area contributed by atoms with Gasteiger partial charge in [0, 0.05) is 73.2 Å². The molecule has 0 unspecified atom stereocenters. The van der Waals surface area contributed by atoms with Gasteiger partial charge in [-0.3, -0.25) is 9.78 Å². The molecular formula is C28H29N7O2. The predicted octanol–water partition coefficient (Wildman–Crippen LogP) is 4.32. The van der Waals surface area contributed by atoms with Crippen molar-refractivity contribution in [3.63, 3.8) is 0 Å². The number of anilines is 4. The lowest BCUT2D eigenvalue weighted by Gasteiger charge is -2.34. The largest absolute Gasteiger partial charge is 0.494 e. The molecule has 1 aliphatic heterocycles. The van der Waals surface area contributed by atoms with E-state index in [0.717, 1.165) is 65.3 Å². The normalized spacial score (nSPS) is 13.8. The summed E-state index contributed by atoms with van der Waals surface area (Å²) in [5.41, 5.74) is 5.02. The molecule has 0 atom stereocenters. The van der Waals surface area contributed by atoms with Gasteiger partial charge >= 0.3 is 0 Å². The number of carbonyl (C=O) groups is 1. The number of aromatic nitrogens is 3. The lowest BCUT2D eigenvalue weighted by molar-refractivity contribution is -0.111. The Morgan fingerprint density at radius 1 is 1.08 bits per heavy atom. The second kappa shape index (κ2) is 10.6. The number of fused-ring (bicyclic) bond motifs is 1. The number of piperazine rings is 1. The van der Waals surface area contributed by atoms with E-state index in [0.29, 0.717) is 11.6 Å². The maximum atomic E-state index is 11.8. The fourth-order valence-electron chi connectivity index (χ4n) is 4.35. The van der Waals surface area contributed by atoms with Gasteiger partial charge in [-0.05, 0) is 43.0 Å². The molecule has 5 rings (SSSR count). The van der Waals surface area contributed by atoms with Crippen LogP contribution in [-0.4, -0.2) is 66.1 Å². The summed E-state index contributed by atoms with van der Waals surface area (Å²) in [6, 6.07) is 13.7. The van der Waals surface area contributed by atoms with Gasteiger partial charge in [-0.25, -0.2) is 9.97 Å². The fraction of sp³-hybridized carbons (Fsp3) is 0.214. The average Bonchev–Trinajstić information content (AvgIpc) is 2.93. The van der Waals surface area contributed by atoms with Crippen LogP contribution in [0.15, 0.2) is 73.7 Å². The number of carbonyl (C=O) groups excluding carboxylic acids is 1. The summed E-state index contributed by atoms with van der Waals surface area (Å²) in [7, 11) is 3.81. The molecule has 0 bridgehead atoms. The van der Waals surface area contributed by atoms with Crippen molar-refractivity contribution in [3.8, 4) is 16.9 Å². The van der Waals surface area contributed by atoms with E-state index >= 15 is 0 Å². The predicted molar refractivity (Wildman–Crippen MR) is 148 cm³/mol. The standard InChI is InChI=1S/C28H29N7O2/c1-4-26(36)31-21-7-5-6-19(14-21)23-18-29-16-20-17-30-28(33-27(20)23)32-24-9-8-22(15-25(24)37-3)35-12-10-34(2)11-13-35/h4-9,14-18H,1,10-13H2,2-3H3,(H,31,36)(H,30,32,33). The maximum absolute atomic E-state index is 11.8. The molecule has 1 saturated heterocycles. The first-order valence-corrected chi connectivity index (χ1v) is 12.1. The average molecular weight is 496 g/mol. The zero-order valence-corrected chi connectivity index (χ0v) is 20.9. The Morgan fingerprint density at radius 3 is 2.70 bits per heavy atom. The van der Waals surface area contributed by atoms with Crippen molar-refractivity contribution in [2.45, 2.75) is 0 Å². The third kappa shape index (κ3) is 5.36. The molecule has 3 heterocycles. The highest BCUT2D eigenvalue weighted by Crippen LogP contribution is 2.33. The molecule has 1 amide bonds. The van der Waals surface area contributed by atoms with Crippen LogP contribution in [0.25, 0.3) is 22.0 Å². The molecule has 2 aromatic heterocycles. The third-order valence-electron chi connectivity index (χ3n) is 6.42. The van der Waals surface area contributed by atoms with Gasteiger partial charge in [-0.2, -0.15) is 0 Å². The van der Waals surface area contributed by atoms with Crippen LogP contribution in [-0.2, 0) is 4.79 Å². The highest BCUT2D eigenvalue weighted by Gasteiger charge is 2.17. The molecule has 37 heavy (non-hydrogen) atoms. The first-order valence-electron chi connectivity index (χ1n) is 12.1. The van der Waals surface area contributed by atoms with Gasteiger partial charge in [0.25, 0.3) is 0 Å². The van der Waals surface area contributed by atoms with Gasteiger partial charge in [-0.15, -0.1) is 0 Å². The summed E-state index contributed by atoms with van der Waals surface area (Å²) < 4.78 is 5.70. The van der Waals surface area contributed by atoms with Crippen molar-refractivity contribution in [3.05, 3.63) is 73.7 Å². The lowest BCUT2D eigenvalue weighted by atomic mass is 10.0. The SMILES string of the molecule is C=CC(=O)Nc1cccc(-c2cncc3cnc(Nc4ccc(N5CCN(C)CC5)cc4OC)nc23)c1. The van der Waals surface area contributed by atoms with Gasteiger partial charge in [-0.1, -0.05) is 18.7 Å². The highest BCUT2D eigenvalue weighted by atomic mass is 16.5. The van der Waals surface area contributed by atoms with E-state index < -0.39 is 0 Å². The molecule has 2 aromatic carbocycles. The van der Waals surface area contributed by atoms with E-state index in [9.17, 15) is 4.79 Å². The minimum absolute atomic E-state index is 0.269. The molecule has 1 fully saturated rings. The molecular weight excluding hydrogens is 466 g/mol. The number of nitrogens with zero attached hydrogens (tertiary/aromatic N) is 5. The minimum Gasteiger partial charge on any atom is -0.494 e. The second-order valence-electron chi connectivity index (χ2n) is 8.89. The van der Waals surface area contributed by atoms with Crippen LogP contribution in [0.1, 0.15) is 0 Å². The Bertz CT molecular complexity index is 1450. The molecule has 188 valence electrons. The van der Waals surface area contributed by atoms with Crippen molar-refractivity contribution in [2.24, 2.45) is 0 Å². The van der Waals surface area contributed by atoms with Gasteiger partial charge in [0.15, 0.2) is 0 Å². The molecule has 2 N–H and O–H groups in total. The van der Waals surface area contributed by atoms with Crippen molar-refractivity contribution >= 4 is 39.8 Å². The topological polar surface area (TPSA) is 95.5 Å². The van der Waals surface area contributed by atoms with Crippen molar-refractivity contribution in [1.29, 1.82) is 0 Å². The molecule has 1 aliphatic rings. The maximum Gasteiger partial charge on any atom is 0.247 e. The summed E-state index contributed by atoms with van der Waals surface area (Å²) in [6.07, 6.45) is 6.48. The van der Waals surface area contributed by atoms with Crippen molar-refractivity contribution < 1.29 is 9.53 Å². The van der Waals surface area contributed by atoms with Gasteiger partial charge < -0.3 is 25.2 Å². The number of benzene rings is 2. The third-order valence-corrected chi connectivity index (χ3v) is 6.42. The van der Waals surface area contributed by atoms with E-state index in [1.165, 1.54) is 6.08 Å². The van der Waals surface area contributed by atoms with E-state index in [-0.39, 0.29) is 5.91 Å². The summed E-state index contributed by atoms with van der Waals surface area (Å²) in [4.78, 5) is 30.1. The summed E-state index contributed by atoms with van der Waals surface area (Å²) in [6.45, 7) is 7.54. The fourth-order valence-corrected chi connectivity index (χ4v) is 4.35. The molecule has 9 heteroatoms. The summed E-state index contributed by atoms with van der Waals surface area (Å²) in [5, 5.41) is 6.92. The molecule has 0 spiro atoms. The molecule has 4 aromatic rings. The zero-order chi connectivity index (χ0) is 25.8. The smallest absolute Gasteiger partial charge is 0.247 e. The van der Waals surface area contributed by atoms with E-state index in [4.69, 9.17) is 9.72 Å². The van der Waals surface area contributed by atoms with E-state index in [2.05, 4.69) is 50.1 Å². The Kier molecular flexibility index (Phi) is 6.96. The summed E-state index contributed by atoms with van der Waals surface area (Å²) in [5.74, 6) is 0.900. The molecule has 0 radical (unpaired) electrons. The molecule has 0 saturated carbocycles. The Balaban J connectivity index is 1.44. The van der Waals surface area contributed by atoms with Crippen molar-refractivity contribution in [2.75, 3.05) is 55.9 Å². The first-order chi connectivity index (χ1) is 18.0. The van der Waals surface area contributed by atoms with Gasteiger partial charge in [0.2, 0.25) is 11.9 Å². The Hall–Kier alpha value is -4.50. The van der Waals surface area contributed by atoms with Crippen LogP contribution < -0.4 is 20.3 Å². The van der Waals surface area contributed by atoms with Gasteiger partial charge in [0.05, 0.1) is 18.3 Å². The Labute approximate surface area is 215 Å². The highest BCUT2D eigenvalue weighted by molar-refractivity contribution is 6.00. The van der Waals surface area contributed by atoms with E-state index in [1.54, 1.807) is 25.7 Å². The monoisotopic (exact) mass is 495 g/mol. The number of hydrogen-bond acceptors (Lipinski definition) is 8. The minimum atomic E-state index is -0.269. The number of rotatable bonds is 7. The van der Waals surface area contributed by atoms with Crippen LogP contribution in [0.5, 0.6) is 5.75 Å². The van der Waals surface area contributed by atoms with Crippen LogP contribution in [0, 0.1) is 0 Å². The summed E-state index contributed by atoms with van der Waals surface area (Å²) >= 11 is 0. The number of methoxy groups -OCH3 is 1. The quantitative estimate of drug-likeness (QED) is 0.366. The Morgan fingerprint density at radius 2 is 1.92 bits per heavy atom. The second-order valence-corrected chi connectivity index (χ2v) is 8.89. The van der Waals surface area contributed by atoms with Crippen LogP contribution in [0.4, 0.5) is 23.0 Å². The molecule has 0 aliphatic carbocycles. The lowest BCUT2D eigenvalue weighted by Crippen LogP contribution is -2.44. The van der Waals surface area contributed by atoms with Crippen LogP contribution in [0.2, 0.25) is 0 Å². The number of pyridine rings is 1. The van der Waals surface area contributed by atoms with Crippen LogP contribution in [0.3, 0.4) is 0 Å². The number of hydrogen-bond donors (Lipinski definition) is 2. The number of likely N-dealkylation sites (N-methyl/N-ethyl adjacent to an activating group) is 1. The first kappa shape index (κ1) is 24.2. The van der Waals surface area contributed by atoms with Gasteiger partial charge in [0.1, 0.15) is 5.75 Å². The number of ether oxygens (including phenoxy) is 1.